The van der Waals surface area contributed by atoms with Crippen molar-refractivity contribution in [2.24, 2.45) is 0 Å². The molecule has 1 atom stereocenters. The van der Waals surface area contributed by atoms with Crippen LogP contribution in [0.2, 0.25) is 0 Å². The van der Waals surface area contributed by atoms with Gasteiger partial charge in [0.05, 0.1) is 7.11 Å². The third-order valence-electron chi connectivity index (χ3n) is 4.57. The van der Waals surface area contributed by atoms with Crippen molar-refractivity contribution in [3.05, 3.63) is 30.0 Å². The third-order valence-corrected chi connectivity index (χ3v) is 4.57. The van der Waals surface area contributed by atoms with Crippen molar-refractivity contribution < 1.29 is 19.4 Å². The molecule has 0 saturated carbocycles. The predicted molar refractivity (Wildman–Crippen MR) is 89.1 cm³/mol. The van der Waals surface area contributed by atoms with Gasteiger partial charge in [-0.05, 0) is 18.2 Å². The zero-order valence-electron chi connectivity index (χ0n) is 13.8. The standard InChI is InChI=1S/C17H21N3O4/c1-11(21)19-5-7-20(8-6-19)16(17(22)23)14-10-18-15-4-3-12(24-2)9-13(14)15/h3-4,9-10,16,18H,5-8H2,1-2H3,(H,22,23)/t16-/m0/s1. The number of hydrogen-bond donors (Lipinski definition) is 2. The number of carboxylic acid groups (broad SMARTS) is 1. The lowest BCUT2D eigenvalue weighted by Gasteiger charge is -2.37. The van der Waals surface area contributed by atoms with E-state index in [1.165, 1.54) is 6.92 Å². The lowest BCUT2D eigenvalue weighted by molar-refractivity contribution is -0.144. The summed E-state index contributed by atoms with van der Waals surface area (Å²) in [5.74, 6) is -0.178. The highest BCUT2D eigenvalue weighted by atomic mass is 16.5. The number of carbonyl (C=O) groups excluding carboxylic acids is 1. The quantitative estimate of drug-likeness (QED) is 0.886. The first-order valence-corrected chi connectivity index (χ1v) is 7.88. The second kappa shape index (κ2) is 6.52. The summed E-state index contributed by atoms with van der Waals surface area (Å²) in [6.45, 7) is 3.70. The molecule has 128 valence electrons. The molecule has 7 heteroatoms. The fourth-order valence-electron chi connectivity index (χ4n) is 3.26. The maximum absolute atomic E-state index is 11.9. The van der Waals surface area contributed by atoms with Crippen molar-refractivity contribution in [3.8, 4) is 5.75 Å². The molecule has 0 aliphatic carbocycles. The average molecular weight is 331 g/mol. The molecule has 24 heavy (non-hydrogen) atoms. The molecule has 1 aliphatic heterocycles. The Labute approximate surface area is 139 Å². The summed E-state index contributed by atoms with van der Waals surface area (Å²) < 4.78 is 5.25. The maximum atomic E-state index is 11.9. The van der Waals surface area contributed by atoms with Crippen LogP contribution in [0.15, 0.2) is 24.4 Å². The SMILES string of the molecule is COc1ccc2[nH]cc([C@@H](C(=O)O)N3CCN(C(C)=O)CC3)c2c1. The Morgan fingerprint density at radius 2 is 1.96 bits per heavy atom. The molecule has 2 N–H and O–H groups in total. The van der Waals surface area contributed by atoms with Crippen molar-refractivity contribution in [1.29, 1.82) is 0 Å². The van der Waals surface area contributed by atoms with Crippen molar-refractivity contribution in [2.75, 3.05) is 33.3 Å². The number of nitrogens with one attached hydrogen (secondary N) is 1. The number of fused-ring (bicyclic) bond motifs is 1. The molecular weight excluding hydrogens is 310 g/mol. The van der Waals surface area contributed by atoms with E-state index in [0.29, 0.717) is 37.5 Å². The van der Waals surface area contributed by atoms with Crippen LogP contribution in [0.3, 0.4) is 0 Å². The summed E-state index contributed by atoms with van der Waals surface area (Å²) in [6, 6.07) is 4.82. The van der Waals surface area contributed by atoms with Gasteiger partial charge in [-0.1, -0.05) is 0 Å². The summed E-state index contributed by atoms with van der Waals surface area (Å²) in [4.78, 5) is 30.2. The first-order chi connectivity index (χ1) is 11.5. The monoisotopic (exact) mass is 331 g/mol. The highest BCUT2D eigenvalue weighted by Gasteiger charge is 2.32. The number of methoxy groups -OCH3 is 1. The molecule has 1 aliphatic rings. The van der Waals surface area contributed by atoms with Gasteiger partial charge >= 0.3 is 5.97 Å². The van der Waals surface area contributed by atoms with Gasteiger partial charge in [0.25, 0.3) is 0 Å². The molecule has 0 bridgehead atoms. The van der Waals surface area contributed by atoms with Gasteiger partial charge in [0.15, 0.2) is 0 Å². The third kappa shape index (κ3) is 2.94. The van der Waals surface area contributed by atoms with Crippen LogP contribution in [-0.4, -0.2) is 65.1 Å². The highest BCUT2D eigenvalue weighted by Crippen LogP contribution is 2.31. The number of amides is 1. The first kappa shape index (κ1) is 16.3. The van der Waals surface area contributed by atoms with E-state index in [4.69, 9.17) is 4.74 Å². The first-order valence-electron chi connectivity index (χ1n) is 7.88. The Kier molecular flexibility index (Phi) is 4.44. The molecule has 0 unspecified atom stereocenters. The number of carboxylic acids is 1. The number of ether oxygens (including phenoxy) is 1. The number of carbonyl (C=O) groups is 2. The maximum Gasteiger partial charge on any atom is 0.325 e. The number of hydrogen-bond acceptors (Lipinski definition) is 4. The number of piperazine rings is 1. The Hall–Kier alpha value is -2.54. The van der Waals surface area contributed by atoms with E-state index in [2.05, 4.69) is 4.98 Å². The van der Waals surface area contributed by atoms with E-state index in [-0.39, 0.29) is 5.91 Å². The molecular formula is C17H21N3O4. The minimum absolute atomic E-state index is 0.0263. The number of aromatic nitrogens is 1. The van der Waals surface area contributed by atoms with Crippen LogP contribution in [0.1, 0.15) is 18.5 Å². The summed E-state index contributed by atoms with van der Waals surface area (Å²) in [6.07, 6.45) is 1.75. The minimum Gasteiger partial charge on any atom is -0.497 e. The van der Waals surface area contributed by atoms with Gasteiger partial charge in [0.2, 0.25) is 5.91 Å². The van der Waals surface area contributed by atoms with E-state index in [1.807, 2.05) is 23.1 Å². The Bertz CT molecular complexity index is 762. The van der Waals surface area contributed by atoms with Crippen molar-refractivity contribution in [1.82, 2.24) is 14.8 Å². The summed E-state index contributed by atoms with van der Waals surface area (Å²) in [5.41, 5.74) is 1.59. The van der Waals surface area contributed by atoms with Crippen LogP contribution in [-0.2, 0) is 9.59 Å². The van der Waals surface area contributed by atoms with Gasteiger partial charge in [-0.25, -0.2) is 0 Å². The average Bonchev–Trinajstić information content (AvgIpc) is 2.98. The number of nitrogens with zero attached hydrogens (tertiary/aromatic N) is 2. The lowest BCUT2D eigenvalue weighted by Crippen LogP contribution is -2.50. The summed E-state index contributed by atoms with van der Waals surface area (Å²) >= 11 is 0. The number of aliphatic carboxylic acids is 1. The van der Waals surface area contributed by atoms with Crippen molar-refractivity contribution in [3.63, 3.8) is 0 Å². The topological polar surface area (TPSA) is 85.9 Å². The fraction of sp³-hybridized carbons (Fsp3) is 0.412. The Morgan fingerprint density at radius 3 is 2.54 bits per heavy atom. The predicted octanol–water partition coefficient (Wildman–Crippen LogP) is 1.47. The molecule has 1 saturated heterocycles. The summed E-state index contributed by atoms with van der Waals surface area (Å²) in [7, 11) is 1.59. The molecule has 0 radical (unpaired) electrons. The van der Waals surface area contributed by atoms with Gasteiger partial charge < -0.3 is 19.7 Å². The van der Waals surface area contributed by atoms with Crippen LogP contribution in [0.4, 0.5) is 0 Å². The molecule has 0 spiro atoms. The molecule has 3 rings (SSSR count). The van der Waals surface area contributed by atoms with E-state index < -0.39 is 12.0 Å². The number of benzene rings is 1. The molecule has 1 aromatic carbocycles. The summed E-state index contributed by atoms with van der Waals surface area (Å²) in [5, 5.41) is 10.6. The normalized spacial score (nSPS) is 17.0. The van der Waals surface area contributed by atoms with Crippen LogP contribution < -0.4 is 4.74 Å². The Morgan fingerprint density at radius 1 is 1.25 bits per heavy atom. The lowest BCUT2D eigenvalue weighted by atomic mass is 10.0. The van der Waals surface area contributed by atoms with Gasteiger partial charge in [0.1, 0.15) is 11.8 Å². The minimum atomic E-state index is -0.894. The number of aromatic amines is 1. The van der Waals surface area contributed by atoms with Crippen molar-refractivity contribution >= 4 is 22.8 Å². The van der Waals surface area contributed by atoms with Crippen LogP contribution in [0.25, 0.3) is 10.9 Å². The molecule has 1 fully saturated rings. The second-order valence-corrected chi connectivity index (χ2v) is 5.94. The number of H-pyrrole nitrogens is 1. The zero-order valence-corrected chi connectivity index (χ0v) is 13.8. The van der Waals surface area contributed by atoms with E-state index in [0.717, 1.165) is 10.9 Å². The van der Waals surface area contributed by atoms with Crippen LogP contribution >= 0.6 is 0 Å². The smallest absolute Gasteiger partial charge is 0.325 e. The molecule has 7 nitrogen and oxygen atoms in total. The van der Waals surface area contributed by atoms with E-state index >= 15 is 0 Å². The van der Waals surface area contributed by atoms with E-state index in [9.17, 15) is 14.7 Å². The molecule has 1 aromatic heterocycles. The van der Waals surface area contributed by atoms with Crippen molar-refractivity contribution in [2.45, 2.75) is 13.0 Å². The van der Waals surface area contributed by atoms with Gasteiger partial charge in [0, 0.05) is 55.8 Å². The molecule has 2 heterocycles. The van der Waals surface area contributed by atoms with Crippen LogP contribution in [0, 0.1) is 0 Å². The second-order valence-electron chi connectivity index (χ2n) is 5.94. The van der Waals surface area contributed by atoms with E-state index in [1.54, 1.807) is 18.2 Å². The molecule has 2 aromatic rings. The van der Waals surface area contributed by atoms with Gasteiger partial charge in [-0.2, -0.15) is 0 Å². The van der Waals surface area contributed by atoms with Gasteiger partial charge in [-0.15, -0.1) is 0 Å². The highest BCUT2D eigenvalue weighted by molar-refractivity contribution is 5.90. The fourth-order valence-corrected chi connectivity index (χ4v) is 3.26. The largest absolute Gasteiger partial charge is 0.497 e. The van der Waals surface area contributed by atoms with Crippen LogP contribution in [0.5, 0.6) is 5.75 Å². The molecule has 1 amide bonds. The van der Waals surface area contributed by atoms with Gasteiger partial charge in [-0.3, -0.25) is 14.5 Å². The Balaban J connectivity index is 1.92. The number of rotatable bonds is 4. The zero-order chi connectivity index (χ0) is 17.3.